The molecule has 9 heteroatoms. The van der Waals surface area contributed by atoms with Crippen LogP contribution >= 0.6 is 22.9 Å². The Balaban J connectivity index is 1.83. The van der Waals surface area contributed by atoms with Crippen molar-refractivity contribution in [3.63, 3.8) is 0 Å². The maximum absolute atomic E-state index is 11.2. The van der Waals surface area contributed by atoms with E-state index in [0.29, 0.717) is 15.9 Å². The average Bonchev–Trinajstić information content (AvgIpc) is 3.03. The Labute approximate surface area is 136 Å². The lowest BCUT2D eigenvalue weighted by atomic mass is 10.2. The van der Waals surface area contributed by atoms with Crippen LogP contribution in [-0.4, -0.2) is 13.4 Å². The number of nitrogens with zero attached hydrogens (tertiary/aromatic N) is 1. The number of anilines is 1. The van der Waals surface area contributed by atoms with E-state index in [1.165, 1.54) is 6.20 Å². The number of sulfonamides is 1. The first-order valence-electron chi connectivity index (χ1n) is 6.27. The summed E-state index contributed by atoms with van der Waals surface area (Å²) in [7, 11) is -3.73. The van der Waals surface area contributed by atoms with Crippen molar-refractivity contribution in [2.75, 3.05) is 5.32 Å². The number of thiazole rings is 1. The van der Waals surface area contributed by atoms with Gasteiger partial charge >= 0.3 is 0 Å². The van der Waals surface area contributed by atoms with Gasteiger partial charge in [0.25, 0.3) is 0 Å². The number of nitrogens with one attached hydrogen (secondary N) is 1. The Bertz CT molecular complexity index is 933. The fraction of sp³-hybridized carbons (Fsp3) is 0.154. The molecule has 0 amide bonds. The zero-order chi connectivity index (χ0) is 15.9. The van der Waals surface area contributed by atoms with Crippen molar-refractivity contribution in [2.24, 2.45) is 5.14 Å². The van der Waals surface area contributed by atoms with Crippen molar-refractivity contribution in [3.05, 3.63) is 41.2 Å². The van der Waals surface area contributed by atoms with Crippen LogP contribution < -0.4 is 10.5 Å². The number of halogens is 1. The standard InChI is InChI=1S/C13H12ClN3O3S2/c1-7(17-13-16-6-12(21-13)22(15,18)19)11-5-8-4-9(14)2-3-10(8)20-11/h2-7H,1H3,(H,16,17)(H2,15,18,19). The quantitative estimate of drug-likeness (QED) is 0.746. The molecular weight excluding hydrogens is 346 g/mol. The van der Waals surface area contributed by atoms with Gasteiger partial charge in [-0.2, -0.15) is 0 Å². The molecule has 0 bridgehead atoms. The zero-order valence-corrected chi connectivity index (χ0v) is 13.8. The topological polar surface area (TPSA) is 98.2 Å². The zero-order valence-electron chi connectivity index (χ0n) is 11.4. The first-order valence-corrected chi connectivity index (χ1v) is 9.01. The molecule has 0 spiro atoms. The van der Waals surface area contributed by atoms with Gasteiger partial charge in [-0.1, -0.05) is 22.9 Å². The van der Waals surface area contributed by atoms with Gasteiger partial charge < -0.3 is 9.73 Å². The second-order valence-electron chi connectivity index (χ2n) is 4.73. The minimum absolute atomic E-state index is 0.0126. The summed E-state index contributed by atoms with van der Waals surface area (Å²) in [5.74, 6) is 0.699. The number of hydrogen-bond donors (Lipinski definition) is 2. The van der Waals surface area contributed by atoms with Gasteiger partial charge in [0.15, 0.2) is 9.34 Å². The van der Waals surface area contributed by atoms with Crippen molar-refractivity contribution in [1.82, 2.24) is 4.98 Å². The van der Waals surface area contributed by atoms with Crippen molar-refractivity contribution < 1.29 is 12.8 Å². The fourth-order valence-electron chi connectivity index (χ4n) is 1.96. The molecule has 3 aromatic rings. The SMILES string of the molecule is CC(Nc1ncc(S(N)(=O)=O)s1)c1cc2cc(Cl)ccc2o1. The Morgan fingerprint density at radius 1 is 1.41 bits per heavy atom. The second-order valence-corrected chi connectivity index (χ2v) is 7.98. The number of benzene rings is 1. The van der Waals surface area contributed by atoms with Crippen LogP contribution in [0.3, 0.4) is 0 Å². The van der Waals surface area contributed by atoms with Crippen molar-refractivity contribution in [3.8, 4) is 0 Å². The normalized spacial score (nSPS) is 13.4. The molecule has 0 aliphatic heterocycles. The van der Waals surface area contributed by atoms with Gasteiger partial charge in [0.2, 0.25) is 10.0 Å². The highest BCUT2D eigenvalue weighted by Gasteiger charge is 2.16. The third-order valence-corrected chi connectivity index (χ3v) is 5.60. The number of nitrogens with two attached hydrogens (primary N) is 1. The van der Waals surface area contributed by atoms with Crippen LogP contribution in [-0.2, 0) is 10.0 Å². The predicted molar refractivity (Wildman–Crippen MR) is 86.7 cm³/mol. The number of fused-ring (bicyclic) bond motifs is 1. The van der Waals surface area contributed by atoms with Crippen LogP contribution in [0.25, 0.3) is 11.0 Å². The van der Waals surface area contributed by atoms with Crippen LogP contribution in [0.2, 0.25) is 5.02 Å². The summed E-state index contributed by atoms with van der Waals surface area (Å²) in [5.41, 5.74) is 0.734. The van der Waals surface area contributed by atoms with E-state index in [-0.39, 0.29) is 10.3 Å². The molecule has 0 saturated heterocycles. The van der Waals surface area contributed by atoms with E-state index >= 15 is 0 Å². The number of hydrogen-bond acceptors (Lipinski definition) is 6. The average molecular weight is 358 g/mol. The molecule has 0 radical (unpaired) electrons. The minimum atomic E-state index is -3.73. The van der Waals surface area contributed by atoms with Crippen LogP contribution in [0.15, 0.2) is 39.1 Å². The van der Waals surface area contributed by atoms with Gasteiger partial charge in [-0.15, -0.1) is 0 Å². The van der Waals surface area contributed by atoms with Gasteiger partial charge in [0.05, 0.1) is 12.2 Å². The maximum Gasteiger partial charge on any atom is 0.249 e. The molecule has 1 unspecified atom stereocenters. The highest BCUT2D eigenvalue weighted by molar-refractivity contribution is 7.91. The fourth-order valence-corrected chi connectivity index (χ4v) is 3.68. The molecule has 6 nitrogen and oxygen atoms in total. The molecule has 2 heterocycles. The molecule has 1 aromatic carbocycles. The summed E-state index contributed by atoms with van der Waals surface area (Å²) in [6, 6.07) is 7.07. The maximum atomic E-state index is 11.2. The highest BCUT2D eigenvalue weighted by atomic mass is 35.5. The van der Waals surface area contributed by atoms with Gasteiger partial charge in [0.1, 0.15) is 11.3 Å². The molecule has 116 valence electrons. The molecule has 0 aliphatic carbocycles. The summed E-state index contributed by atoms with van der Waals surface area (Å²) >= 11 is 6.92. The van der Waals surface area contributed by atoms with Crippen LogP contribution in [0.5, 0.6) is 0 Å². The molecule has 22 heavy (non-hydrogen) atoms. The number of furan rings is 1. The lowest BCUT2D eigenvalue weighted by Gasteiger charge is -2.09. The summed E-state index contributed by atoms with van der Waals surface area (Å²) in [4.78, 5) is 4.00. The summed E-state index contributed by atoms with van der Waals surface area (Å²) in [6.45, 7) is 1.89. The number of aromatic nitrogens is 1. The van der Waals surface area contributed by atoms with Crippen LogP contribution in [0, 0.1) is 0 Å². The Hall–Kier alpha value is -1.61. The van der Waals surface area contributed by atoms with Gasteiger partial charge in [0, 0.05) is 10.4 Å². The van der Waals surface area contributed by atoms with E-state index in [4.69, 9.17) is 21.2 Å². The van der Waals surface area contributed by atoms with Crippen molar-refractivity contribution in [2.45, 2.75) is 17.2 Å². The lowest BCUT2D eigenvalue weighted by molar-refractivity contribution is 0.526. The first-order chi connectivity index (χ1) is 10.3. The summed E-state index contributed by atoms with van der Waals surface area (Å²) < 4.78 is 28.2. The monoisotopic (exact) mass is 357 g/mol. The van der Waals surface area contributed by atoms with Gasteiger partial charge in [-0.05, 0) is 31.2 Å². The largest absolute Gasteiger partial charge is 0.459 e. The lowest BCUT2D eigenvalue weighted by Crippen LogP contribution is -2.10. The predicted octanol–water partition coefficient (Wildman–Crippen LogP) is 3.36. The van der Waals surface area contributed by atoms with Crippen molar-refractivity contribution >= 4 is 49.1 Å². The molecule has 0 fully saturated rings. The van der Waals surface area contributed by atoms with E-state index in [0.717, 1.165) is 22.3 Å². The first kappa shape index (κ1) is 15.3. The summed E-state index contributed by atoms with van der Waals surface area (Å²) in [5, 5.41) is 10.1. The van der Waals surface area contributed by atoms with E-state index in [1.54, 1.807) is 12.1 Å². The molecule has 0 aliphatic rings. The molecule has 2 aromatic heterocycles. The van der Waals surface area contributed by atoms with Crippen LogP contribution in [0.1, 0.15) is 18.7 Å². The van der Waals surface area contributed by atoms with E-state index in [9.17, 15) is 8.42 Å². The molecule has 1 atom stereocenters. The molecule has 3 rings (SSSR count). The van der Waals surface area contributed by atoms with E-state index in [2.05, 4.69) is 10.3 Å². The summed E-state index contributed by atoms with van der Waals surface area (Å²) in [6.07, 6.45) is 1.23. The van der Waals surface area contributed by atoms with Gasteiger partial charge in [-0.3, -0.25) is 0 Å². The third-order valence-electron chi connectivity index (χ3n) is 3.03. The van der Waals surface area contributed by atoms with Crippen molar-refractivity contribution in [1.29, 1.82) is 0 Å². The molecular formula is C13H12ClN3O3S2. The Morgan fingerprint density at radius 3 is 2.86 bits per heavy atom. The number of primary sulfonamides is 1. The Morgan fingerprint density at radius 2 is 2.18 bits per heavy atom. The third kappa shape index (κ3) is 3.09. The smallest absolute Gasteiger partial charge is 0.249 e. The Kier molecular flexibility index (Phi) is 3.85. The molecule has 0 saturated carbocycles. The van der Waals surface area contributed by atoms with E-state index in [1.807, 2.05) is 19.1 Å². The van der Waals surface area contributed by atoms with Gasteiger partial charge in [-0.25, -0.2) is 18.5 Å². The highest BCUT2D eigenvalue weighted by Crippen LogP contribution is 2.30. The minimum Gasteiger partial charge on any atom is -0.459 e. The van der Waals surface area contributed by atoms with E-state index < -0.39 is 10.0 Å². The second kappa shape index (κ2) is 5.54. The molecule has 3 N–H and O–H groups in total. The number of rotatable bonds is 4. The van der Waals surface area contributed by atoms with Crippen LogP contribution in [0.4, 0.5) is 5.13 Å².